The zero-order valence-corrected chi connectivity index (χ0v) is 17.5. The minimum Gasteiger partial charge on any atom is -0.353 e. The van der Waals surface area contributed by atoms with Gasteiger partial charge in [-0.25, -0.2) is 8.42 Å². The van der Waals surface area contributed by atoms with E-state index in [0.717, 1.165) is 30.4 Å². The first-order chi connectivity index (χ1) is 15.0. The molecule has 1 fully saturated rings. The summed E-state index contributed by atoms with van der Waals surface area (Å²) in [4.78, 5) is 21.1. The molecule has 1 saturated heterocycles. The van der Waals surface area contributed by atoms with Gasteiger partial charge >= 0.3 is 0 Å². The van der Waals surface area contributed by atoms with E-state index in [2.05, 4.69) is 20.4 Å². The Morgan fingerprint density at radius 3 is 2.77 bits per heavy atom. The molecule has 160 valence electrons. The molecule has 0 saturated carbocycles. The molecule has 0 radical (unpaired) electrons. The number of nitrogens with zero attached hydrogens (tertiary/aromatic N) is 4. The highest BCUT2D eigenvalue weighted by Gasteiger charge is 2.40. The Balaban J connectivity index is 1.43. The second-order valence-electron chi connectivity index (χ2n) is 7.66. The summed E-state index contributed by atoms with van der Waals surface area (Å²) in [5.74, 6) is 0.185. The fraction of sp³-hybridized carbons (Fsp3) is 0.333. The Hall–Kier alpha value is -3.11. The number of piperazine rings is 1. The van der Waals surface area contributed by atoms with E-state index in [0.29, 0.717) is 5.82 Å². The molecule has 1 aliphatic carbocycles. The maximum absolute atomic E-state index is 13.4. The van der Waals surface area contributed by atoms with E-state index in [1.54, 1.807) is 36.7 Å². The van der Waals surface area contributed by atoms with Crippen LogP contribution >= 0.6 is 0 Å². The number of carbonyl (C=O) groups is 1. The molecule has 2 aliphatic rings. The highest BCUT2D eigenvalue weighted by molar-refractivity contribution is 7.89. The zero-order valence-electron chi connectivity index (χ0n) is 16.7. The molecular weight excluding hydrogens is 418 g/mol. The first kappa shape index (κ1) is 19.8. The van der Waals surface area contributed by atoms with Gasteiger partial charge in [0, 0.05) is 31.0 Å². The van der Waals surface area contributed by atoms with Gasteiger partial charge in [0.1, 0.15) is 6.04 Å². The number of carbonyl (C=O) groups excluding carboxylic acids is 1. The molecule has 3 heterocycles. The summed E-state index contributed by atoms with van der Waals surface area (Å²) in [7, 11) is -3.86. The molecule has 0 bridgehead atoms. The molecule has 1 aliphatic heterocycles. The smallest absolute Gasteiger partial charge is 0.243 e. The lowest BCUT2D eigenvalue weighted by Gasteiger charge is -2.33. The van der Waals surface area contributed by atoms with E-state index in [9.17, 15) is 13.2 Å². The summed E-state index contributed by atoms with van der Waals surface area (Å²) in [5.41, 5.74) is 2.99. The van der Waals surface area contributed by atoms with Gasteiger partial charge in [-0.05, 0) is 54.7 Å². The van der Waals surface area contributed by atoms with Crippen LogP contribution in [0.4, 0.5) is 0 Å². The molecule has 2 aromatic heterocycles. The van der Waals surface area contributed by atoms with Gasteiger partial charge in [0.2, 0.25) is 27.6 Å². The van der Waals surface area contributed by atoms with Crippen molar-refractivity contribution in [2.45, 2.75) is 36.6 Å². The van der Waals surface area contributed by atoms with Crippen LogP contribution < -0.4 is 5.32 Å². The van der Waals surface area contributed by atoms with E-state index in [1.165, 1.54) is 9.87 Å². The van der Waals surface area contributed by atoms with Gasteiger partial charge in [-0.2, -0.15) is 9.29 Å². The second kappa shape index (κ2) is 7.86. The lowest BCUT2D eigenvalue weighted by molar-refractivity contribution is -0.126. The molecular formula is C21H21N5O4S. The lowest BCUT2D eigenvalue weighted by Crippen LogP contribution is -2.57. The van der Waals surface area contributed by atoms with Crippen molar-refractivity contribution in [1.82, 2.24) is 24.7 Å². The van der Waals surface area contributed by atoms with Crippen molar-refractivity contribution in [3.8, 4) is 11.4 Å². The largest absolute Gasteiger partial charge is 0.353 e. The van der Waals surface area contributed by atoms with Crippen LogP contribution in [0, 0.1) is 0 Å². The van der Waals surface area contributed by atoms with Crippen molar-refractivity contribution < 1.29 is 17.7 Å². The quantitative estimate of drug-likeness (QED) is 0.637. The van der Waals surface area contributed by atoms with E-state index >= 15 is 0 Å². The highest BCUT2D eigenvalue weighted by Crippen LogP contribution is 2.28. The first-order valence-corrected chi connectivity index (χ1v) is 11.6. The number of pyridine rings is 1. The van der Waals surface area contributed by atoms with Crippen LogP contribution in [0.2, 0.25) is 0 Å². The number of amides is 1. The number of aryl methyl sites for hydroxylation is 2. The van der Waals surface area contributed by atoms with Crippen LogP contribution in [-0.2, 0) is 34.1 Å². The topological polar surface area (TPSA) is 118 Å². The average Bonchev–Trinajstić information content (AvgIpc) is 3.44. The molecule has 3 aromatic rings. The molecule has 31 heavy (non-hydrogen) atoms. The van der Waals surface area contributed by atoms with Gasteiger partial charge in [-0.3, -0.25) is 9.78 Å². The number of nitrogens with one attached hydrogen (secondary N) is 1. The standard InChI is InChI=1S/C21H21N5O4S/c27-21-18(13-19-24-20(25-30-19)15-6-8-22-9-7-15)26(11-10-23-21)31(28,29)17-5-4-14-2-1-3-16(14)12-17/h4-9,12,18H,1-3,10-11,13H2,(H,23,27). The van der Waals surface area contributed by atoms with Crippen LogP contribution in [0.1, 0.15) is 23.4 Å². The first-order valence-electron chi connectivity index (χ1n) is 10.2. The number of rotatable bonds is 5. The summed E-state index contributed by atoms with van der Waals surface area (Å²) in [5, 5.41) is 6.69. The third kappa shape index (κ3) is 3.72. The molecule has 0 spiro atoms. The number of benzene rings is 1. The van der Waals surface area contributed by atoms with Crippen LogP contribution in [-0.4, -0.2) is 52.9 Å². The van der Waals surface area contributed by atoms with Crippen molar-refractivity contribution in [2.75, 3.05) is 13.1 Å². The number of fused-ring (bicyclic) bond motifs is 1. The molecule has 9 nitrogen and oxygen atoms in total. The molecule has 1 N–H and O–H groups in total. The molecule has 10 heteroatoms. The van der Waals surface area contributed by atoms with Gasteiger partial charge < -0.3 is 9.84 Å². The van der Waals surface area contributed by atoms with Gasteiger partial charge in [-0.1, -0.05) is 11.2 Å². The zero-order chi connectivity index (χ0) is 21.4. The lowest BCUT2D eigenvalue weighted by atomic mass is 10.1. The Labute approximate surface area is 179 Å². The van der Waals surface area contributed by atoms with Gasteiger partial charge in [0.25, 0.3) is 0 Å². The van der Waals surface area contributed by atoms with E-state index < -0.39 is 16.1 Å². The predicted molar refractivity (Wildman–Crippen MR) is 110 cm³/mol. The Morgan fingerprint density at radius 2 is 1.94 bits per heavy atom. The van der Waals surface area contributed by atoms with Crippen molar-refractivity contribution in [2.24, 2.45) is 0 Å². The molecule has 1 amide bonds. The van der Waals surface area contributed by atoms with Crippen LogP contribution in [0.5, 0.6) is 0 Å². The second-order valence-corrected chi connectivity index (χ2v) is 9.55. The summed E-state index contributed by atoms with van der Waals surface area (Å²) < 4.78 is 33.4. The minimum atomic E-state index is -3.86. The van der Waals surface area contributed by atoms with E-state index in [-0.39, 0.29) is 36.2 Å². The van der Waals surface area contributed by atoms with Gasteiger partial charge in [-0.15, -0.1) is 0 Å². The molecule has 1 atom stereocenters. The molecule has 1 unspecified atom stereocenters. The number of sulfonamides is 1. The van der Waals surface area contributed by atoms with Crippen LogP contribution in [0.15, 0.2) is 52.1 Å². The summed E-state index contributed by atoms with van der Waals surface area (Å²) in [6.45, 7) is 0.437. The maximum atomic E-state index is 13.4. The third-order valence-electron chi connectivity index (χ3n) is 5.73. The number of hydrogen-bond acceptors (Lipinski definition) is 7. The number of hydrogen-bond donors (Lipinski definition) is 1. The number of aromatic nitrogens is 3. The van der Waals surface area contributed by atoms with Crippen molar-refractivity contribution in [3.63, 3.8) is 0 Å². The van der Waals surface area contributed by atoms with E-state index in [4.69, 9.17) is 4.52 Å². The summed E-state index contributed by atoms with van der Waals surface area (Å²) in [6.07, 6.45) is 6.11. The fourth-order valence-corrected chi connectivity index (χ4v) is 5.78. The highest BCUT2D eigenvalue weighted by atomic mass is 32.2. The SMILES string of the molecule is O=C1NCCN(S(=O)(=O)c2ccc3c(c2)CCC3)C1Cc1nc(-c2ccncc2)no1. The van der Waals surface area contributed by atoms with Crippen molar-refractivity contribution >= 4 is 15.9 Å². The fourth-order valence-electron chi connectivity index (χ4n) is 4.14. The normalized spacial score (nSPS) is 19.2. The van der Waals surface area contributed by atoms with Crippen molar-refractivity contribution in [1.29, 1.82) is 0 Å². The average molecular weight is 439 g/mol. The van der Waals surface area contributed by atoms with Gasteiger partial charge in [0.05, 0.1) is 11.3 Å². The summed E-state index contributed by atoms with van der Waals surface area (Å²) >= 11 is 0. The van der Waals surface area contributed by atoms with E-state index in [1.807, 2.05) is 6.07 Å². The molecule has 5 rings (SSSR count). The maximum Gasteiger partial charge on any atom is 0.243 e. The Bertz CT molecular complexity index is 1230. The van der Waals surface area contributed by atoms with Crippen LogP contribution in [0.25, 0.3) is 11.4 Å². The monoisotopic (exact) mass is 439 g/mol. The third-order valence-corrected chi connectivity index (χ3v) is 7.64. The Kier molecular flexibility index (Phi) is 5.03. The van der Waals surface area contributed by atoms with Crippen molar-refractivity contribution in [3.05, 3.63) is 59.7 Å². The van der Waals surface area contributed by atoms with Crippen LogP contribution in [0.3, 0.4) is 0 Å². The minimum absolute atomic E-state index is 0.00587. The Morgan fingerprint density at radius 1 is 1.13 bits per heavy atom. The molecule has 1 aromatic carbocycles. The summed E-state index contributed by atoms with van der Waals surface area (Å²) in [6, 6.07) is 7.79. The van der Waals surface area contributed by atoms with Gasteiger partial charge in [0.15, 0.2) is 0 Å². The predicted octanol–water partition coefficient (Wildman–Crippen LogP) is 1.35.